The van der Waals surface area contributed by atoms with Crippen molar-refractivity contribution in [3.8, 4) is 11.1 Å². The molecule has 4 rings (SSSR count). The second-order valence-electron chi connectivity index (χ2n) is 8.66. The maximum absolute atomic E-state index is 12.8. The molecule has 9 heteroatoms. The number of carbonyl (C=O) groups excluding carboxylic acids is 1. The molecule has 0 heterocycles. The second-order valence-corrected chi connectivity index (χ2v) is 11.1. The van der Waals surface area contributed by atoms with E-state index in [1.54, 1.807) is 12.1 Å². The molecule has 1 aliphatic carbocycles. The fourth-order valence-electron chi connectivity index (χ4n) is 4.17. The van der Waals surface area contributed by atoms with Crippen LogP contribution in [-0.2, 0) is 19.5 Å². The molecule has 0 aliphatic heterocycles. The second kappa shape index (κ2) is 11.1. The van der Waals surface area contributed by atoms with E-state index in [1.807, 2.05) is 31.2 Å². The first-order chi connectivity index (χ1) is 17.7. The van der Waals surface area contributed by atoms with Crippen LogP contribution in [-0.4, -0.2) is 44.1 Å². The van der Waals surface area contributed by atoms with Crippen molar-refractivity contribution >= 4 is 33.4 Å². The zero-order valence-electron chi connectivity index (χ0n) is 20.6. The molecule has 0 saturated heterocycles. The smallest absolute Gasteiger partial charge is 0.407 e. The minimum absolute atomic E-state index is 0.0306. The Balaban J connectivity index is 1.24. The Morgan fingerprint density at radius 3 is 2.16 bits per heavy atom. The summed E-state index contributed by atoms with van der Waals surface area (Å²) in [4.78, 5) is 12.4. The summed E-state index contributed by atoms with van der Waals surface area (Å²) < 4.78 is 37.4. The van der Waals surface area contributed by atoms with E-state index in [2.05, 4.69) is 36.2 Å². The fraction of sp³-hybridized carbons (Fsp3) is 0.214. The summed E-state index contributed by atoms with van der Waals surface area (Å²) >= 11 is 5.20. The van der Waals surface area contributed by atoms with Crippen LogP contribution < -0.4 is 5.32 Å². The van der Waals surface area contributed by atoms with Crippen LogP contribution in [0, 0.1) is 6.92 Å². The average molecular weight is 537 g/mol. The Bertz CT molecular complexity index is 1390. The highest BCUT2D eigenvalue weighted by Gasteiger charge is 2.29. The molecule has 3 aromatic carbocycles. The van der Waals surface area contributed by atoms with Gasteiger partial charge in [0.15, 0.2) is 5.05 Å². The molecule has 192 valence electrons. The maximum Gasteiger partial charge on any atom is 0.407 e. The Morgan fingerprint density at radius 1 is 1.00 bits per heavy atom. The van der Waals surface area contributed by atoms with Gasteiger partial charge in [-0.2, -0.15) is 0 Å². The van der Waals surface area contributed by atoms with Crippen molar-refractivity contribution < 1.29 is 22.7 Å². The summed E-state index contributed by atoms with van der Waals surface area (Å²) in [6, 6.07) is 22.7. The first kappa shape index (κ1) is 26.4. The number of fused-ring (bicyclic) bond motifs is 3. The number of aryl methyl sites for hydroxylation is 1. The summed E-state index contributed by atoms with van der Waals surface area (Å²) in [6.07, 6.45) is -0.390. The van der Waals surface area contributed by atoms with Crippen LogP contribution in [0.1, 0.15) is 29.0 Å². The van der Waals surface area contributed by atoms with Crippen molar-refractivity contribution in [3.63, 3.8) is 0 Å². The number of nitrogens with zero attached hydrogens (tertiary/aromatic N) is 1. The molecule has 0 aromatic heterocycles. The van der Waals surface area contributed by atoms with Gasteiger partial charge >= 0.3 is 6.09 Å². The van der Waals surface area contributed by atoms with Crippen molar-refractivity contribution in [3.05, 3.63) is 102 Å². The number of thiocarbonyl (C=S) groups is 1. The van der Waals surface area contributed by atoms with Gasteiger partial charge < -0.3 is 14.8 Å². The number of alkyl carbamates (subject to hydrolysis) is 1. The van der Waals surface area contributed by atoms with Gasteiger partial charge in [-0.3, -0.25) is 0 Å². The maximum atomic E-state index is 12.8. The molecule has 0 fully saturated rings. The highest BCUT2D eigenvalue weighted by molar-refractivity contribution is 7.89. The van der Waals surface area contributed by atoms with Gasteiger partial charge in [0.05, 0.1) is 4.90 Å². The van der Waals surface area contributed by atoms with Crippen molar-refractivity contribution in [2.75, 3.05) is 20.2 Å². The Hall–Kier alpha value is -3.69. The van der Waals surface area contributed by atoms with E-state index < -0.39 is 16.1 Å². The summed E-state index contributed by atoms with van der Waals surface area (Å²) in [7, 11) is -2.49. The minimum atomic E-state index is -3.83. The van der Waals surface area contributed by atoms with Crippen molar-refractivity contribution in [1.29, 1.82) is 0 Å². The van der Waals surface area contributed by atoms with Gasteiger partial charge in [-0.15, -0.1) is 0 Å². The van der Waals surface area contributed by atoms with Gasteiger partial charge in [-0.05, 0) is 60.1 Å². The highest BCUT2D eigenvalue weighted by atomic mass is 32.2. The third kappa shape index (κ3) is 5.84. The number of nitrogens with one attached hydrogen (secondary N) is 1. The number of hydrogen-bond donors (Lipinski definition) is 1. The first-order valence-electron chi connectivity index (χ1n) is 11.7. The Morgan fingerprint density at radius 2 is 1.57 bits per heavy atom. The zero-order valence-corrected chi connectivity index (χ0v) is 22.3. The normalized spacial score (nSPS) is 12.3. The Kier molecular flexibility index (Phi) is 7.94. The van der Waals surface area contributed by atoms with Crippen LogP contribution in [0.5, 0.6) is 0 Å². The van der Waals surface area contributed by atoms with Gasteiger partial charge in [0.2, 0.25) is 5.88 Å². The van der Waals surface area contributed by atoms with Crippen LogP contribution in [0.3, 0.4) is 0 Å². The molecule has 0 unspecified atom stereocenters. The van der Waals surface area contributed by atoms with Gasteiger partial charge in [0.25, 0.3) is 10.0 Å². The van der Waals surface area contributed by atoms with E-state index in [9.17, 15) is 13.2 Å². The van der Waals surface area contributed by atoms with Gasteiger partial charge in [-0.1, -0.05) is 66.2 Å². The molecule has 0 radical (unpaired) electrons. The van der Waals surface area contributed by atoms with E-state index >= 15 is 0 Å². The monoisotopic (exact) mass is 536 g/mol. The number of benzene rings is 3. The topological polar surface area (TPSA) is 84.9 Å². The van der Waals surface area contributed by atoms with Gasteiger partial charge in [-0.25, -0.2) is 17.5 Å². The fourth-order valence-corrected chi connectivity index (χ4v) is 5.47. The molecule has 1 aliphatic rings. The summed E-state index contributed by atoms with van der Waals surface area (Å²) in [5.41, 5.74) is 5.53. The molecule has 0 spiro atoms. The third-order valence-corrected chi connectivity index (χ3v) is 8.28. The molecule has 0 saturated carbocycles. The third-order valence-electron chi connectivity index (χ3n) is 6.20. The molecular formula is C28H28N2O5S2. The molecule has 1 amide bonds. The predicted molar refractivity (Wildman–Crippen MR) is 147 cm³/mol. The zero-order chi connectivity index (χ0) is 26.6. The molecular weight excluding hydrogens is 508 g/mol. The lowest BCUT2D eigenvalue weighted by Crippen LogP contribution is -2.30. The van der Waals surface area contributed by atoms with Gasteiger partial charge in [0.1, 0.15) is 6.61 Å². The minimum Gasteiger partial charge on any atom is -0.449 e. The molecule has 7 nitrogen and oxygen atoms in total. The summed E-state index contributed by atoms with van der Waals surface area (Å²) in [5, 5.41) is 2.75. The summed E-state index contributed by atoms with van der Waals surface area (Å²) in [6.45, 7) is 5.93. The van der Waals surface area contributed by atoms with Gasteiger partial charge in [0, 0.05) is 25.9 Å². The average Bonchev–Trinajstić information content (AvgIpc) is 3.21. The van der Waals surface area contributed by atoms with E-state index in [4.69, 9.17) is 21.7 Å². The Labute approximate surface area is 222 Å². The van der Waals surface area contributed by atoms with Crippen molar-refractivity contribution in [2.24, 2.45) is 0 Å². The van der Waals surface area contributed by atoms with Crippen molar-refractivity contribution in [1.82, 2.24) is 9.62 Å². The number of carbonyl (C=O) groups is 1. The number of amides is 1. The van der Waals surface area contributed by atoms with E-state index in [-0.39, 0.29) is 41.3 Å². The lowest BCUT2D eigenvalue weighted by Gasteiger charge is -2.21. The first-order valence-corrected chi connectivity index (χ1v) is 13.6. The lowest BCUT2D eigenvalue weighted by molar-refractivity contribution is 0.143. The molecule has 3 aromatic rings. The number of rotatable bonds is 9. The van der Waals surface area contributed by atoms with Crippen LogP contribution in [0.15, 0.2) is 90.2 Å². The standard InChI is InChI=1S/C28H28N2O5S2/c1-19-12-14-21(15-13-19)37(32,33)30(3)20(2)35-27(36)16-17-29-28(31)34-18-26-24-10-6-4-8-22(24)23-9-5-7-11-25(23)26/h4-15,26H,2,16-18H2,1,3H3,(H,29,31). The predicted octanol–water partition coefficient (Wildman–Crippen LogP) is 5.36. The number of ether oxygens (including phenoxy) is 2. The number of hydrogen-bond acceptors (Lipinski definition) is 6. The van der Waals surface area contributed by atoms with E-state index in [0.717, 1.165) is 32.1 Å². The molecule has 37 heavy (non-hydrogen) atoms. The summed E-state index contributed by atoms with van der Waals surface area (Å²) in [5.74, 6) is -0.163. The van der Waals surface area contributed by atoms with Crippen LogP contribution in [0.4, 0.5) is 4.79 Å². The lowest BCUT2D eigenvalue weighted by atomic mass is 9.98. The SMILES string of the molecule is C=C(OC(=S)CCNC(=O)OCC1c2ccccc2-c2ccccc21)N(C)S(=O)(=O)c1ccc(C)cc1. The largest absolute Gasteiger partial charge is 0.449 e. The molecule has 0 bridgehead atoms. The van der Waals surface area contributed by atoms with Crippen molar-refractivity contribution in [2.45, 2.75) is 24.2 Å². The molecule has 0 atom stereocenters. The molecule has 1 N–H and O–H groups in total. The van der Waals surface area contributed by atoms with Crippen LogP contribution in [0.25, 0.3) is 11.1 Å². The highest BCUT2D eigenvalue weighted by Crippen LogP contribution is 2.44. The quantitative estimate of drug-likeness (QED) is 0.293. The van der Waals surface area contributed by atoms with Crippen LogP contribution in [0.2, 0.25) is 0 Å². The van der Waals surface area contributed by atoms with E-state index in [0.29, 0.717) is 0 Å². The van der Waals surface area contributed by atoms with Crippen LogP contribution >= 0.6 is 12.2 Å². The van der Waals surface area contributed by atoms with E-state index in [1.165, 1.54) is 19.2 Å². The number of sulfonamides is 1.